The smallest absolute Gasteiger partial charge is 0.243 e. The lowest BCUT2D eigenvalue weighted by molar-refractivity contribution is 0.0730. The van der Waals surface area contributed by atoms with E-state index in [1.165, 1.54) is 4.31 Å². The Morgan fingerprint density at radius 1 is 1.35 bits per heavy atom. The van der Waals surface area contributed by atoms with Crippen molar-refractivity contribution in [2.24, 2.45) is 0 Å². The van der Waals surface area contributed by atoms with E-state index in [1.54, 1.807) is 18.2 Å². The highest BCUT2D eigenvalue weighted by Gasteiger charge is 2.26. The number of rotatable bonds is 5. The summed E-state index contributed by atoms with van der Waals surface area (Å²) in [7, 11) is -3.47. The molecule has 0 radical (unpaired) electrons. The number of ether oxygens (including phenoxy) is 2. The van der Waals surface area contributed by atoms with Gasteiger partial charge in [0.1, 0.15) is 5.75 Å². The lowest BCUT2D eigenvalue weighted by atomic mass is 10.3. The summed E-state index contributed by atoms with van der Waals surface area (Å²) in [6, 6.07) is 4.87. The van der Waals surface area contributed by atoms with Gasteiger partial charge in [-0.25, -0.2) is 8.42 Å². The Morgan fingerprint density at radius 2 is 2.05 bits per heavy atom. The Morgan fingerprint density at radius 3 is 2.70 bits per heavy atom. The first-order chi connectivity index (χ1) is 9.55. The second-order valence-corrected chi connectivity index (χ2v) is 7.25. The Kier molecular flexibility index (Phi) is 5.42. The molecule has 1 aliphatic heterocycles. The fourth-order valence-electron chi connectivity index (χ4n) is 1.90. The molecule has 0 atom stereocenters. The fourth-order valence-corrected chi connectivity index (χ4v) is 3.69. The third-order valence-corrected chi connectivity index (χ3v) is 5.52. The minimum atomic E-state index is -3.47. The van der Waals surface area contributed by atoms with Crippen LogP contribution in [0, 0.1) is 0 Å². The summed E-state index contributed by atoms with van der Waals surface area (Å²) in [6.45, 7) is 4.22. The molecule has 1 saturated heterocycles. The van der Waals surface area contributed by atoms with Crippen molar-refractivity contribution in [3.8, 4) is 5.75 Å². The summed E-state index contributed by atoms with van der Waals surface area (Å²) in [5, 5.41) is 0. The Hall–Kier alpha value is -0.630. The molecule has 0 amide bonds. The molecule has 1 aromatic rings. The van der Waals surface area contributed by atoms with Crippen molar-refractivity contribution in [3.05, 3.63) is 22.7 Å². The largest absolute Gasteiger partial charge is 0.492 e. The van der Waals surface area contributed by atoms with Crippen LogP contribution in [0.1, 0.15) is 13.3 Å². The van der Waals surface area contributed by atoms with Crippen molar-refractivity contribution in [1.29, 1.82) is 0 Å². The number of benzene rings is 1. The highest BCUT2D eigenvalue weighted by molar-refractivity contribution is 9.10. The quantitative estimate of drug-likeness (QED) is 0.804. The van der Waals surface area contributed by atoms with Gasteiger partial charge in [-0.2, -0.15) is 4.31 Å². The molecule has 0 saturated carbocycles. The van der Waals surface area contributed by atoms with E-state index in [4.69, 9.17) is 9.47 Å². The molecular formula is C13H18BrNO4S. The van der Waals surface area contributed by atoms with Gasteiger partial charge in [-0.1, -0.05) is 6.92 Å². The number of nitrogens with zero attached hydrogens (tertiary/aromatic N) is 1. The van der Waals surface area contributed by atoms with E-state index in [0.717, 1.165) is 10.9 Å². The number of hydrogen-bond acceptors (Lipinski definition) is 4. The Bertz CT molecular complexity index is 555. The lowest BCUT2D eigenvalue weighted by Crippen LogP contribution is -2.40. The van der Waals surface area contributed by atoms with Crippen molar-refractivity contribution in [2.45, 2.75) is 18.2 Å². The highest BCUT2D eigenvalue weighted by Crippen LogP contribution is 2.29. The van der Waals surface area contributed by atoms with E-state index in [2.05, 4.69) is 15.9 Å². The average Bonchev–Trinajstić information content (AvgIpc) is 2.47. The summed E-state index contributed by atoms with van der Waals surface area (Å²) in [5.41, 5.74) is 0. The zero-order chi connectivity index (χ0) is 14.6. The van der Waals surface area contributed by atoms with Crippen molar-refractivity contribution in [2.75, 3.05) is 32.9 Å². The van der Waals surface area contributed by atoms with Crippen LogP contribution in [0.3, 0.4) is 0 Å². The summed E-state index contributed by atoms with van der Waals surface area (Å²) in [5.74, 6) is 0.557. The van der Waals surface area contributed by atoms with E-state index in [1.807, 2.05) is 6.92 Å². The van der Waals surface area contributed by atoms with Crippen LogP contribution in [0.25, 0.3) is 0 Å². The van der Waals surface area contributed by atoms with Gasteiger partial charge in [0, 0.05) is 19.2 Å². The van der Waals surface area contributed by atoms with E-state index >= 15 is 0 Å². The molecule has 20 heavy (non-hydrogen) atoms. The summed E-state index contributed by atoms with van der Waals surface area (Å²) >= 11 is 3.37. The van der Waals surface area contributed by atoms with E-state index < -0.39 is 10.0 Å². The molecule has 2 rings (SSSR count). The number of hydrogen-bond donors (Lipinski definition) is 0. The molecule has 1 aromatic carbocycles. The van der Waals surface area contributed by atoms with Crippen molar-refractivity contribution >= 4 is 26.0 Å². The van der Waals surface area contributed by atoms with E-state index in [9.17, 15) is 8.42 Å². The molecule has 0 unspecified atom stereocenters. The van der Waals surface area contributed by atoms with Crippen LogP contribution in [0.4, 0.5) is 0 Å². The first-order valence-electron chi connectivity index (χ1n) is 6.56. The monoisotopic (exact) mass is 363 g/mol. The molecule has 112 valence electrons. The number of morpholine rings is 1. The second kappa shape index (κ2) is 6.89. The van der Waals surface area contributed by atoms with Crippen LogP contribution in [0.15, 0.2) is 27.6 Å². The molecule has 7 heteroatoms. The molecule has 0 aromatic heterocycles. The minimum absolute atomic E-state index is 0.258. The second-order valence-electron chi connectivity index (χ2n) is 4.46. The summed E-state index contributed by atoms with van der Waals surface area (Å²) in [4.78, 5) is 0.258. The zero-order valence-electron chi connectivity index (χ0n) is 11.3. The van der Waals surface area contributed by atoms with Gasteiger partial charge >= 0.3 is 0 Å². The van der Waals surface area contributed by atoms with Crippen molar-refractivity contribution in [3.63, 3.8) is 0 Å². The molecular weight excluding hydrogens is 346 g/mol. The van der Waals surface area contributed by atoms with Crippen molar-refractivity contribution < 1.29 is 17.9 Å². The SMILES string of the molecule is CCCOc1cc(S(=O)(=O)N2CCOCC2)ccc1Br. The van der Waals surface area contributed by atoms with Gasteiger partial charge < -0.3 is 9.47 Å². The van der Waals surface area contributed by atoms with Crippen LogP contribution in [0.5, 0.6) is 5.75 Å². The number of halogens is 1. The fraction of sp³-hybridized carbons (Fsp3) is 0.538. The lowest BCUT2D eigenvalue weighted by Gasteiger charge is -2.26. The maximum Gasteiger partial charge on any atom is 0.243 e. The maximum atomic E-state index is 12.5. The molecule has 1 aliphatic rings. The Labute approximate surface area is 128 Å². The van der Waals surface area contributed by atoms with Gasteiger partial charge in [-0.15, -0.1) is 0 Å². The third kappa shape index (κ3) is 3.52. The van der Waals surface area contributed by atoms with E-state index in [-0.39, 0.29) is 4.90 Å². The average molecular weight is 364 g/mol. The van der Waals surface area contributed by atoms with Crippen LogP contribution in [-0.2, 0) is 14.8 Å². The van der Waals surface area contributed by atoms with Gasteiger partial charge in [0.25, 0.3) is 0 Å². The van der Waals surface area contributed by atoms with Crippen LogP contribution in [0.2, 0.25) is 0 Å². The zero-order valence-corrected chi connectivity index (χ0v) is 13.7. The molecule has 5 nitrogen and oxygen atoms in total. The van der Waals surface area contributed by atoms with Gasteiger partial charge in [-0.3, -0.25) is 0 Å². The molecule has 1 heterocycles. The molecule has 1 fully saturated rings. The molecule has 0 aliphatic carbocycles. The van der Waals surface area contributed by atoms with Crippen LogP contribution >= 0.6 is 15.9 Å². The van der Waals surface area contributed by atoms with Gasteiger partial charge in [0.05, 0.1) is 29.2 Å². The predicted octanol–water partition coefficient (Wildman–Crippen LogP) is 2.26. The summed E-state index contributed by atoms with van der Waals surface area (Å²) in [6.07, 6.45) is 0.868. The molecule has 0 spiro atoms. The topological polar surface area (TPSA) is 55.8 Å². The normalized spacial score (nSPS) is 17.1. The number of sulfonamides is 1. The van der Waals surface area contributed by atoms with Gasteiger partial charge in [0.2, 0.25) is 10.0 Å². The standard InChI is InChI=1S/C13H18BrNO4S/c1-2-7-19-13-10-11(3-4-12(13)14)20(16,17)15-5-8-18-9-6-15/h3-4,10H,2,5-9H2,1H3. The predicted molar refractivity (Wildman–Crippen MR) is 79.5 cm³/mol. The van der Waals surface area contributed by atoms with Crippen molar-refractivity contribution in [1.82, 2.24) is 4.31 Å². The molecule has 0 N–H and O–H groups in total. The third-order valence-electron chi connectivity index (χ3n) is 2.97. The maximum absolute atomic E-state index is 12.5. The molecule has 0 bridgehead atoms. The minimum Gasteiger partial charge on any atom is -0.492 e. The first kappa shape index (κ1) is 15.8. The highest BCUT2D eigenvalue weighted by atomic mass is 79.9. The summed E-state index contributed by atoms with van der Waals surface area (Å²) < 4.78 is 38.0. The van der Waals surface area contributed by atoms with Gasteiger partial charge in [0.15, 0.2) is 0 Å². The van der Waals surface area contributed by atoms with Crippen LogP contribution in [-0.4, -0.2) is 45.6 Å². The van der Waals surface area contributed by atoms with E-state index in [0.29, 0.717) is 38.7 Å². The van der Waals surface area contributed by atoms with Crippen LogP contribution < -0.4 is 4.74 Å². The first-order valence-corrected chi connectivity index (χ1v) is 8.79. The Balaban J connectivity index is 2.26. The van der Waals surface area contributed by atoms with Gasteiger partial charge in [-0.05, 0) is 34.5 Å².